The summed E-state index contributed by atoms with van der Waals surface area (Å²) >= 11 is 0. The molecule has 1 atom stereocenters. The molecule has 0 rings (SSSR count). The van der Waals surface area contributed by atoms with Crippen molar-refractivity contribution in [2.24, 2.45) is 0 Å². The predicted molar refractivity (Wildman–Crippen MR) is 95.4 cm³/mol. The molecular weight excluding hydrogens is 310 g/mol. The molecule has 0 aromatic heterocycles. The number of nitrogens with one attached hydrogen (secondary N) is 1. The first-order valence-corrected chi connectivity index (χ1v) is 8.96. The molecule has 24 heavy (non-hydrogen) atoms. The van der Waals surface area contributed by atoms with Gasteiger partial charge in [-0.1, -0.05) is 6.92 Å². The fourth-order valence-corrected chi connectivity index (χ4v) is 2.08. The molecule has 0 aliphatic rings. The standard InChI is InChI=1S/C18H37NO5/c1-7-18(5,11-15-23-17(3,4)10-14-21-6)24-13-9-12-19-16(20)22-8-2/h7-15H2,1-6H3,(H,19,20). The quantitative estimate of drug-likeness (QED) is 0.487. The molecule has 0 aromatic rings. The summed E-state index contributed by atoms with van der Waals surface area (Å²) in [6, 6.07) is 0. The largest absolute Gasteiger partial charge is 0.450 e. The summed E-state index contributed by atoms with van der Waals surface area (Å²) < 4.78 is 21.9. The monoisotopic (exact) mass is 347 g/mol. The number of methoxy groups -OCH3 is 1. The van der Waals surface area contributed by atoms with Crippen LogP contribution in [0.15, 0.2) is 0 Å². The van der Waals surface area contributed by atoms with Crippen molar-refractivity contribution in [3.05, 3.63) is 0 Å². The van der Waals surface area contributed by atoms with Crippen LogP contribution in [0.5, 0.6) is 0 Å². The van der Waals surface area contributed by atoms with Gasteiger partial charge in [0, 0.05) is 26.9 Å². The molecule has 6 heteroatoms. The van der Waals surface area contributed by atoms with Crippen LogP contribution in [0.4, 0.5) is 4.79 Å². The lowest BCUT2D eigenvalue weighted by molar-refractivity contribution is -0.0875. The Morgan fingerprint density at radius 3 is 2.29 bits per heavy atom. The molecule has 0 heterocycles. The smallest absolute Gasteiger partial charge is 0.407 e. The van der Waals surface area contributed by atoms with Crippen molar-refractivity contribution in [2.75, 3.05) is 40.1 Å². The number of amides is 1. The summed E-state index contributed by atoms with van der Waals surface area (Å²) in [6.07, 6.45) is 3.01. The van der Waals surface area contributed by atoms with E-state index in [4.69, 9.17) is 18.9 Å². The van der Waals surface area contributed by atoms with Crippen molar-refractivity contribution in [2.45, 2.75) is 71.5 Å². The van der Waals surface area contributed by atoms with Gasteiger partial charge in [-0.25, -0.2) is 4.79 Å². The highest BCUT2D eigenvalue weighted by atomic mass is 16.5. The van der Waals surface area contributed by atoms with Crippen LogP contribution in [0.25, 0.3) is 0 Å². The number of carbonyl (C=O) groups is 1. The van der Waals surface area contributed by atoms with Gasteiger partial charge in [0.05, 0.1) is 24.4 Å². The third-order valence-electron chi connectivity index (χ3n) is 4.10. The molecule has 0 bridgehead atoms. The normalized spacial score (nSPS) is 14.2. The molecule has 0 saturated heterocycles. The summed E-state index contributed by atoms with van der Waals surface area (Å²) in [5.41, 5.74) is -0.393. The van der Waals surface area contributed by atoms with Crippen LogP contribution in [0.3, 0.4) is 0 Å². The van der Waals surface area contributed by atoms with Crippen LogP contribution >= 0.6 is 0 Å². The summed E-state index contributed by atoms with van der Waals surface area (Å²) in [6.45, 7) is 13.1. The van der Waals surface area contributed by atoms with E-state index in [0.717, 1.165) is 25.7 Å². The molecule has 0 aromatic carbocycles. The van der Waals surface area contributed by atoms with Crippen molar-refractivity contribution >= 4 is 6.09 Å². The maximum atomic E-state index is 11.2. The van der Waals surface area contributed by atoms with Crippen LogP contribution in [0, 0.1) is 0 Å². The lowest BCUT2D eigenvalue weighted by Gasteiger charge is -2.31. The van der Waals surface area contributed by atoms with E-state index in [2.05, 4.69) is 33.0 Å². The van der Waals surface area contributed by atoms with Gasteiger partial charge in [-0.3, -0.25) is 0 Å². The minimum atomic E-state index is -0.373. The number of alkyl carbamates (subject to hydrolysis) is 1. The third kappa shape index (κ3) is 11.6. The van der Waals surface area contributed by atoms with Crippen molar-refractivity contribution in [1.29, 1.82) is 0 Å². The van der Waals surface area contributed by atoms with Crippen molar-refractivity contribution in [1.82, 2.24) is 5.32 Å². The lowest BCUT2D eigenvalue weighted by atomic mass is 9.99. The maximum Gasteiger partial charge on any atom is 0.407 e. The zero-order chi connectivity index (χ0) is 18.5. The molecule has 1 N–H and O–H groups in total. The highest BCUT2D eigenvalue weighted by Crippen LogP contribution is 2.22. The van der Waals surface area contributed by atoms with Crippen molar-refractivity contribution < 1.29 is 23.7 Å². The van der Waals surface area contributed by atoms with Crippen LogP contribution in [0.2, 0.25) is 0 Å². The molecule has 1 amide bonds. The second-order valence-corrected chi connectivity index (χ2v) is 6.75. The summed E-state index contributed by atoms with van der Waals surface area (Å²) in [7, 11) is 1.70. The summed E-state index contributed by atoms with van der Waals surface area (Å²) in [5, 5.41) is 2.69. The van der Waals surface area contributed by atoms with E-state index in [1.165, 1.54) is 0 Å². The minimum Gasteiger partial charge on any atom is -0.450 e. The van der Waals surface area contributed by atoms with Crippen LogP contribution in [-0.2, 0) is 18.9 Å². The number of hydrogen-bond donors (Lipinski definition) is 1. The van der Waals surface area contributed by atoms with Gasteiger partial charge in [0.1, 0.15) is 0 Å². The number of rotatable bonds is 14. The molecule has 6 nitrogen and oxygen atoms in total. The van der Waals surface area contributed by atoms with Gasteiger partial charge in [0.25, 0.3) is 0 Å². The molecule has 0 aliphatic heterocycles. The topological polar surface area (TPSA) is 66.0 Å². The highest BCUT2D eigenvalue weighted by molar-refractivity contribution is 5.66. The number of hydrogen-bond acceptors (Lipinski definition) is 5. The van der Waals surface area contributed by atoms with Crippen LogP contribution < -0.4 is 5.32 Å². The highest BCUT2D eigenvalue weighted by Gasteiger charge is 2.25. The lowest BCUT2D eigenvalue weighted by Crippen LogP contribution is -2.34. The van der Waals surface area contributed by atoms with E-state index in [9.17, 15) is 4.79 Å². The van der Waals surface area contributed by atoms with E-state index in [0.29, 0.717) is 33.0 Å². The summed E-state index contributed by atoms with van der Waals surface area (Å²) in [5.74, 6) is 0. The maximum absolute atomic E-state index is 11.2. The Labute approximate surface area is 147 Å². The van der Waals surface area contributed by atoms with Crippen LogP contribution in [0.1, 0.15) is 60.3 Å². The second-order valence-electron chi connectivity index (χ2n) is 6.75. The first kappa shape index (κ1) is 23.1. The Hall–Kier alpha value is -0.850. The van der Waals surface area contributed by atoms with Gasteiger partial charge in [-0.2, -0.15) is 0 Å². The fourth-order valence-electron chi connectivity index (χ4n) is 2.08. The number of ether oxygens (including phenoxy) is 4. The van der Waals surface area contributed by atoms with Crippen molar-refractivity contribution in [3.8, 4) is 0 Å². The van der Waals surface area contributed by atoms with Gasteiger partial charge < -0.3 is 24.3 Å². The molecule has 0 saturated carbocycles. The molecule has 144 valence electrons. The second kappa shape index (κ2) is 12.5. The minimum absolute atomic E-state index is 0.186. The van der Waals surface area contributed by atoms with E-state index in [-0.39, 0.29) is 17.3 Å². The SMILES string of the molecule is CCOC(=O)NCCCOC(C)(CC)CCOC(C)(C)CCOC. The third-order valence-corrected chi connectivity index (χ3v) is 4.10. The Morgan fingerprint density at radius 2 is 1.71 bits per heavy atom. The number of carbonyl (C=O) groups excluding carboxylic acids is 1. The van der Waals surface area contributed by atoms with Gasteiger partial charge in [0.15, 0.2) is 0 Å². The molecule has 1 unspecified atom stereocenters. The molecule has 0 aliphatic carbocycles. The van der Waals surface area contributed by atoms with Gasteiger partial charge >= 0.3 is 6.09 Å². The van der Waals surface area contributed by atoms with E-state index in [1.54, 1.807) is 14.0 Å². The van der Waals surface area contributed by atoms with Gasteiger partial charge in [-0.15, -0.1) is 0 Å². The van der Waals surface area contributed by atoms with Crippen LogP contribution in [-0.4, -0.2) is 57.4 Å². The first-order chi connectivity index (χ1) is 11.3. The van der Waals surface area contributed by atoms with Crippen molar-refractivity contribution in [3.63, 3.8) is 0 Å². The Balaban J connectivity index is 3.97. The van der Waals surface area contributed by atoms with Gasteiger partial charge in [0.2, 0.25) is 0 Å². The van der Waals surface area contributed by atoms with Gasteiger partial charge in [-0.05, 0) is 53.4 Å². The molecular formula is C18H37NO5. The molecule has 0 spiro atoms. The fraction of sp³-hybridized carbons (Fsp3) is 0.944. The zero-order valence-corrected chi connectivity index (χ0v) is 16.4. The van der Waals surface area contributed by atoms with E-state index >= 15 is 0 Å². The Morgan fingerprint density at radius 1 is 1.00 bits per heavy atom. The average Bonchev–Trinajstić information content (AvgIpc) is 2.53. The van der Waals surface area contributed by atoms with E-state index in [1.807, 2.05) is 0 Å². The average molecular weight is 347 g/mol. The predicted octanol–water partition coefficient (Wildman–Crippen LogP) is 3.53. The Kier molecular flexibility index (Phi) is 12.1. The van der Waals surface area contributed by atoms with E-state index < -0.39 is 0 Å². The Bertz CT molecular complexity index is 335. The zero-order valence-electron chi connectivity index (χ0n) is 16.4. The summed E-state index contributed by atoms with van der Waals surface area (Å²) in [4.78, 5) is 11.2. The first-order valence-electron chi connectivity index (χ1n) is 8.96. The molecule has 0 radical (unpaired) electrons. The molecule has 0 fully saturated rings.